The van der Waals surface area contributed by atoms with Crippen LogP contribution in [0, 0.1) is 6.92 Å². The summed E-state index contributed by atoms with van der Waals surface area (Å²) in [7, 11) is 0. The lowest BCUT2D eigenvalue weighted by molar-refractivity contribution is -0.274. The molecule has 4 rings (SSSR count). The molecule has 0 aliphatic heterocycles. The van der Waals surface area contributed by atoms with Gasteiger partial charge in [0.1, 0.15) is 17.2 Å². The maximum atomic E-state index is 12.9. The molecule has 13 heteroatoms. The lowest BCUT2D eigenvalue weighted by Gasteiger charge is -2.20. The zero-order valence-corrected chi connectivity index (χ0v) is 20.5. The lowest BCUT2D eigenvalue weighted by Crippen LogP contribution is -2.17. The summed E-state index contributed by atoms with van der Waals surface area (Å²) in [6, 6.07) is 15.5. The number of alkyl halides is 6. The summed E-state index contributed by atoms with van der Waals surface area (Å²) in [5.74, 6) is -0.973. The molecule has 0 bridgehead atoms. The van der Waals surface area contributed by atoms with Crippen molar-refractivity contribution >= 4 is 5.97 Å². The Hall–Kier alpha value is -4.68. The van der Waals surface area contributed by atoms with Crippen LogP contribution in [-0.2, 0) is 11.0 Å². The van der Waals surface area contributed by atoms with Crippen LogP contribution >= 0.6 is 0 Å². The zero-order valence-electron chi connectivity index (χ0n) is 20.5. The number of aromatic nitrogens is 2. The largest absolute Gasteiger partial charge is 0.573 e. The summed E-state index contributed by atoms with van der Waals surface area (Å²) in [6.07, 6.45) is -10.3. The van der Waals surface area contributed by atoms with E-state index in [2.05, 4.69) is 14.9 Å². The van der Waals surface area contributed by atoms with E-state index in [-0.39, 0.29) is 0 Å². The average molecular weight is 566 g/mol. The Morgan fingerprint density at radius 3 is 2.15 bits per heavy atom. The van der Waals surface area contributed by atoms with E-state index in [0.717, 1.165) is 24.3 Å². The van der Waals surface area contributed by atoms with E-state index in [4.69, 9.17) is 14.6 Å². The number of rotatable bonds is 9. The van der Waals surface area contributed by atoms with Crippen LogP contribution in [0.1, 0.15) is 28.5 Å². The Kier molecular flexibility index (Phi) is 7.93. The first-order chi connectivity index (χ1) is 18.8. The molecule has 4 aromatic rings. The first-order valence-corrected chi connectivity index (χ1v) is 11.5. The van der Waals surface area contributed by atoms with Gasteiger partial charge in [0.05, 0.1) is 17.0 Å². The molecule has 7 nitrogen and oxygen atoms in total. The average Bonchev–Trinajstić information content (AvgIpc) is 3.36. The molecule has 0 saturated heterocycles. The molecule has 2 N–H and O–H groups in total. The number of carbonyl (C=O) groups is 1. The van der Waals surface area contributed by atoms with E-state index in [9.17, 15) is 31.1 Å². The van der Waals surface area contributed by atoms with Gasteiger partial charge in [-0.3, -0.25) is 5.10 Å². The summed E-state index contributed by atoms with van der Waals surface area (Å²) >= 11 is 0. The summed E-state index contributed by atoms with van der Waals surface area (Å²) in [4.78, 5) is 10.8. The molecule has 0 saturated carbocycles. The molecule has 3 aromatic carbocycles. The second-order valence-corrected chi connectivity index (χ2v) is 8.51. The molecule has 40 heavy (non-hydrogen) atoms. The van der Waals surface area contributed by atoms with Crippen molar-refractivity contribution in [1.82, 2.24) is 10.2 Å². The predicted octanol–water partition coefficient (Wildman–Crippen LogP) is 6.93. The van der Waals surface area contributed by atoms with E-state index in [1.807, 2.05) is 0 Å². The minimum atomic E-state index is -4.88. The molecular formula is C27H20F6N2O5. The number of hydrogen-bond acceptors (Lipinski definition) is 5. The van der Waals surface area contributed by atoms with Gasteiger partial charge in [0.15, 0.2) is 12.7 Å². The van der Waals surface area contributed by atoms with Gasteiger partial charge in [-0.25, -0.2) is 4.79 Å². The summed E-state index contributed by atoms with van der Waals surface area (Å²) in [5, 5.41) is 15.8. The Morgan fingerprint density at radius 1 is 0.925 bits per heavy atom. The number of aryl methyl sites for hydroxylation is 1. The van der Waals surface area contributed by atoms with Gasteiger partial charge in [-0.1, -0.05) is 24.3 Å². The molecule has 210 valence electrons. The highest BCUT2D eigenvalue weighted by Gasteiger charge is 2.32. The number of carboxylic acids is 1. The molecule has 0 fully saturated rings. The van der Waals surface area contributed by atoms with Gasteiger partial charge in [0, 0.05) is 5.56 Å². The number of aromatic amines is 1. The molecule has 0 aliphatic carbocycles. The van der Waals surface area contributed by atoms with Gasteiger partial charge in [0.25, 0.3) is 0 Å². The summed E-state index contributed by atoms with van der Waals surface area (Å²) < 4.78 is 91.9. The van der Waals surface area contributed by atoms with Crippen molar-refractivity contribution in [3.63, 3.8) is 0 Å². The third-order valence-electron chi connectivity index (χ3n) is 5.56. The number of nitrogens with one attached hydrogen (secondary N) is 1. The second kappa shape index (κ2) is 11.2. The van der Waals surface area contributed by atoms with Crippen LogP contribution < -0.4 is 14.2 Å². The van der Waals surface area contributed by atoms with Crippen molar-refractivity contribution < 1.29 is 50.5 Å². The first-order valence-electron chi connectivity index (χ1n) is 11.5. The highest BCUT2D eigenvalue weighted by molar-refractivity contribution is 5.68. The van der Waals surface area contributed by atoms with Gasteiger partial charge in [0.2, 0.25) is 0 Å². The number of ether oxygens (including phenoxy) is 3. The summed E-state index contributed by atoms with van der Waals surface area (Å²) in [5.41, 5.74) is 1.19. The Morgan fingerprint density at radius 2 is 1.57 bits per heavy atom. The van der Waals surface area contributed by atoms with Crippen LogP contribution in [0.4, 0.5) is 26.3 Å². The number of nitrogens with zero attached hydrogens (tertiary/aromatic N) is 1. The maximum Gasteiger partial charge on any atom is 0.573 e. The van der Waals surface area contributed by atoms with Crippen molar-refractivity contribution in [2.45, 2.75) is 25.6 Å². The van der Waals surface area contributed by atoms with E-state index in [1.165, 1.54) is 36.4 Å². The minimum Gasteiger partial charge on any atom is -0.482 e. The number of benzene rings is 3. The first kappa shape index (κ1) is 28.3. The molecule has 0 spiro atoms. The molecule has 0 amide bonds. The van der Waals surface area contributed by atoms with Gasteiger partial charge >= 0.3 is 18.5 Å². The Labute approximate surface area is 222 Å². The predicted molar refractivity (Wildman–Crippen MR) is 129 cm³/mol. The van der Waals surface area contributed by atoms with Gasteiger partial charge < -0.3 is 19.3 Å². The number of halogens is 6. The fraction of sp³-hybridized carbons (Fsp3) is 0.185. The number of carboxylic acid groups (broad SMARTS) is 1. The monoisotopic (exact) mass is 566 g/mol. The standard InChI is InChI=1S/C27H20F6N2O5/c1-15-12-20(10-11-23(15)38-14-24(36)37)39-25(17-4-8-19(9-5-17)40-27(31,32)33)22-13-21(34-35-22)16-2-6-18(7-3-16)26(28,29)30/h2-13,25H,14H2,1H3,(H,34,35)(H,36,37). The minimum absolute atomic E-state index is 0.308. The van der Waals surface area contributed by atoms with Crippen molar-refractivity contribution in [3.8, 4) is 28.5 Å². The topological polar surface area (TPSA) is 93.7 Å². The number of hydrogen-bond donors (Lipinski definition) is 2. The van der Waals surface area contributed by atoms with Crippen molar-refractivity contribution in [1.29, 1.82) is 0 Å². The van der Waals surface area contributed by atoms with Crippen LogP contribution in [-0.4, -0.2) is 34.2 Å². The SMILES string of the molecule is Cc1cc(OC(c2ccc(OC(F)(F)F)cc2)c2cc(-c3ccc(C(F)(F)F)cc3)n[nH]2)ccc1OCC(=O)O. The van der Waals surface area contributed by atoms with E-state index >= 15 is 0 Å². The van der Waals surface area contributed by atoms with Crippen molar-refractivity contribution in [2.75, 3.05) is 6.61 Å². The van der Waals surface area contributed by atoms with Crippen LogP contribution in [0.2, 0.25) is 0 Å². The number of aliphatic carboxylic acids is 1. The van der Waals surface area contributed by atoms with Crippen LogP contribution in [0.15, 0.2) is 72.8 Å². The molecular weight excluding hydrogens is 546 g/mol. The van der Waals surface area contributed by atoms with Gasteiger partial charge in [-0.2, -0.15) is 18.3 Å². The molecule has 1 unspecified atom stereocenters. The molecule has 1 heterocycles. The molecule has 1 aromatic heterocycles. The Balaban J connectivity index is 1.65. The smallest absolute Gasteiger partial charge is 0.482 e. The van der Waals surface area contributed by atoms with Crippen LogP contribution in [0.3, 0.4) is 0 Å². The number of H-pyrrole nitrogens is 1. The molecule has 0 aliphatic rings. The third-order valence-corrected chi connectivity index (χ3v) is 5.56. The van der Waals surface area contributed by atoms with Gasteiger partial charge in [-0.05, 0) is 66.6 Å². The highest BCUT2D eigenvalue weighted by atomic mass is 19.4. The third kappa shape index (κ3) is 7.24. The quantitative estimate of drug-likeness (QED) is 0.213. The van der Waals surface area contributed by atoms with Crippen molar-refractivity contribution in [3.05, 3.63) is 95.2 Å². The van der Waals surface area contributed by atoms with Gasteiger partial charge in [-0.15, -0.1) is 13.2 Å². The van der Waals surface area contributed by atoms with Crippen molar-refractivity contribution in [2.24, 2.45) is 0 Å². The normalized spacial score (nSPS) is 12.6. The molecule has 0 radical (unpaired) electrons. The van der Waals surface area contributed by atoms with Crippen LogP contribution in [0.5, 0.6) is 17.2 Å². The summed E-state index contributed by atoms with van der Waals surface area (Å²) in [6.45, 7) is 1.12. The Bertz CT molecular complexity index is 1460. The fourth-order valence-electron chi connectivity index (χ4n) is 3.74. The van der Waals surface area contributed by atoms with Crippen LogP contribution in [0.25, 0.3) is 11.3 Å². The van der Waals surface area contributed by atoms with E-state index in [0.29, 0.717) is 39.6 Å². The lowest BCUT2D eigenvalue weighted by atomic mass is 10.0. The van der Waals surface area contributed by atoms with E-state index < -0.39 is 42.5 Å². The zero-order chi connectivity index (χ0) is 29.1. The molecule has 1 atom stereocenters. The fourth-order valence-corrected chi connectivity index (χ4v) is 3.74. The highest BCUT2D eigenvalue weighted by Crippen LogP contribution is 2.35. The van der Waals surface area contributed by atoms with E-state index in [1.54, 1.807) is 19.1 Å². The maximum absolute atomic E-state index is 12.9. The second-order valence-electron chi connectivity index (χ2n) is 8.51.